The third-order valence-electron chi connectivity index (χ3n) is 4.64. The summed E-state index contributed by atoms with van der Waals surface area (Å²) < 4.78 is 11.3. The summed E-state index contributed by atoms with van der Waals surface area (Å²) in [5, 5.41) is 15.3. The number of hydrogen-bond acceptors (Lipinski definition) is 8. The Labute approximate surface area is 173 Å². The molecule has 1 unspecified atom stereocenters. The number of anilines is 2. The van der Waals surface area contributed by atoms with Gasteiger partial charge in [0, 0.05) is 17.8 Å². The van der Waals surface area contributed by atoms with E-state index in [1.807, 2.05) is 6.92 Å². The van der Waals surface area contributed by atoms with Crippen LogP contribution in [0.5, 0.6) is 11.5 Å². The monoisotopic (exact) mass is 422 g/mol. The number of methoxy groups -OCH3 is 2. The summed E-state index contributed by atoms with van der Waals surface area (Å²) in [6.45, 7) is 1.86. The molecule has 1 heterocycles. The van der Waals surface area contributed by atoms with Crippen LogP contribution in [0.1, 0.15) is 39.0 Å². The van der Waals surface area contributed by atoms with Crippen LogP contribution in [0, 0.1) is 0 Å². The van der Waals surface area contributed by atoms with Gasteiger partial charge in [-0.3, -0.25) is 4.79 Å². The van der Waals surface area contributed by atoms with Crippen molar-refractivity contribution < 1.29 is 14.3 Å². The van der Waals surface area contributed by atoms with E-state index in [0.29, 0.717) is 23.2 Å². The topological polar surface area (TPSA) is 85.4 Å². The molecule has 28 heavy (non-hydrogen) atoms. The highest BCUT2D eigenvalue weighted by molar-refractivity contribution is 8.02. The van der Waals surface area contributed by atoms with Crippen LogP contribution in [0.15, 0.2) is 22.5 Å². The molecule has 0 saturated heterocycles. The summed E-state index contributed by atoms with van der Waals surface area (Å²) in [6.07, 6.45) is 6.23. The molecule has 2 aromatic rings. The predicted molar refractivity (Wildman–Crippen MR) is 114 cm³/mol. The predicted octanol–water partition coefficient (Wildman–Crippen LogP) is 4.42. The van der Waals surface area contributed by atoms with Crippen LogP contribution in [0.25, 0.3) is 0 Å². The summed E-state index contributed by atoms with van der Waals surface area (Å²) in [7, 11) is 3.14. The number of hydrogen-bond donors (Lipinski definition) is 2. The van der Waals surface area contributed by atoms with E-state index in [-0.39, 0.29) is 11.2 Å². The summed E-state index contributed by atoms with van der Waals surface area (Å²) >= 11 is 2.91. The summed E-state index contributed by atoms with van der Waals surface area (Å²) in [4.78, 5) is 12.5. The number of nitrogens with zero attached hydrogens (tertiary/aromatic N) is 2. The summed E-state index contributed by atoms with van der Waals surface area (Å²) in [6, 6.07) is 5.78. The molecule has 7 nitrogen and oxygen atoms in total. The molecule has 0 bridgehead atoms. The third kappa shape index (κ3) is 5.51. The Morgan fingerprint density at radius 2 is 1.93 bits per heavy atom. The Hall–Kier alpha value is -2.00. The Kier molecular flexibility index (Phi) is 7.38. The number of nitrogens with one attached hydrogen (secondary N) is 2. The van der Waals surface area contributed by atoms with E-state index >= 15 is 0 Å². The van der Waals surface area contributed by atoms with Gasteiger partial charge in [0.25, 0.3) is 0 Å². The van der Waals surface area contributed by atoms with Crippen LogP contribution < -0.4 is 20.1 Å². The molecule has 1 saturated carbocycles. The molecule has 1 aromatic heterocycles. The number of carbonyl (C=O) groups excluding carboxylic acids is 1. The number of carbonyl (C=O) groups is 1. The molecule has 1 amide bonds. The normalized spacial score (nSPS) is 15.7. The zero-order chi connectivity index (χ0) is 19.9. The average Bonchev–Trinajstić information content (AvgIpc) is 3.15. The third-order valence-corrected chi connectivity index (χ3v) is 6.68. The standard InChI is InChI=1S/C19H26N4O3S2/c1-12(17(24)20-14-9-10-15(25-2)16(11-14)26-3)27-19-23-22-18(28-19)21-13-7-5-4-6-8-13/h9-13H,4-8H2,1-3H3,(H,20,24)(H,21,22). The first-order valence-electron chi connectivity index (χ1n) is 9.38. The van der Waals surface area contributed by atoms with Crippen molar-refractivity contribution in [3.05, 3.63) is 18.2 Å². The Bertz CT molecular complexity index is 793. The maximum absolute atomic E-state index is 12.5. The van der Waals surface area contributed by atoms with Gasteiger partial charge in [-0.25, -0.2) is 0 Å². The molecule has 0 aliphatic heterocycles. The second kappa shape index (κ2) is 9.97. The van der Waals surface area contributed by atoms with Gasteiger partial charge in [0.05, 0.1) is 19.5 Å². The van der Waals surface area contributed by atoms with Crippen LogP contribution in [-0.2, 0) is 4.79 Å². The highest BCUT2D eigenvalue weighted by Gasteiger charge is 2.19. The SMILES string of the molecule is COc1ccc(NC(=O)C(C)Sc2nnc(NC3CCCCC3)s2)cc1OC. The highest BCUT2D eigenvalue weighted by atomic mass is 32.2. The van der Waals surface area contributed by atoms with Crippen LogP contribution in [-0.4, -0.2) is 41.6 Å². The van der Waals surface area contributed by atoms with E-state index in [1.54, 1.807) is 32.4 Å². The van der Waals surface area contributed by atoms with Gasteiger partial charge in [0.2, 0.25) is 11.0 Å². The van der Waals surface area contributed by atoms with Crippen LogP contribution >= 0.6 is 23.1 Å². The van der Waals surface area contributed by atoms with Gasteiger partial charge in [-0.1, -0.05) is 42.4 Å². The van der Waals surface area contributed by atoms with Crippen molar-refractivity contribution in [1.82, 2.24) is 10.2 Å². The van der Waals surface area contributed by atoms with Crippen molar-refractivity contribution in [1.29, 1.82) is 0 Å². The lowest BCUT2D eigenvalue weighted by Crippen LogP contribution is -2.22. The lowest BCUT2D eigenvalue weighted by Gasteiger charge is -2.21. The highest BCUT2D eigenvalue weighted by Crippen LogP contribution is 2.32. The minimum atomic E-state index is -0.302. The van der Waals surface area contributed by atoms with Crippen LogP contribution in [0.3, 0.4) is 0 Å². The second-order valence-corrected chi connectivity index (χ2v) is 9.24. The zero-order valence-corrected chi connectivity index (χ0v) is 18.0. The number of thioether (sulfide) groups is 1. The number of aromatic nitrogens is 2. The fourth-order valence-corrected chi connectivity index (χ4v) is 5.07. The Morgan fingerprint density at radius 1 is 1.18 bits per heavy atom. The van der Waals surface area contributed by atoms with Crippen LogP contribution in [0.4, 0.5) is 10.8 Å². The average molecular weight is 423 g/mol. The van der Waals surface area contributed by atoms with Crippen molar-refractivity contribution in [3.8, 4) is 11.5 Å². The molecule has 9 heteroatoms. The molecule has 1 aliphatic rings. The molecule has 2 N–H and O–H groups in total. The van der Waals surface area contributed by atoms with Gasteiger partial charge < -0.3 is 20.1 Å². The van der Waals surface area contributed by atoms with Gasteiger partial charge in [-0.15, -0.1) is 10.2 Å². The van der Waals surface area contributed by atoms with Gasteiger partial charge in [0.1, 0.15) is 0 Å². The van der Waals surface area contributed by atoms with Gasteiger partial charge in [0.15, 0.2) is 15.8 Å². The molecule has 0 radical (unpaired) electrons. The van der Waals surface area contributed by atoms with Gasteiger partial charge in [-0.2, -0.15) is 0 Å². The molecule has 3 rings (SSSR count). The molecule has 1 aliphatic carbocycles. The maximum atomic E-state index is 12.5. The van der Waals surface area contributed by atoms with E-state index < -0.39 is 0 Å². The Morgan fingerprint density at radius 3 is 2.64 bits per heavy atom. The largest absolute Gasteiger partial charge is 0.493 e. The first-order valence-corrected chi connectivity index (χ1v) is 11.1. The van der Waals surface area contributed by atoms with Gasteiger partial charge in [-0.05, 0) is 31.9 Å². The first kappa shape index (κ1) is 20.7. The van der Waals surface area contributed by atoms with Crippen molar-refractivity contribution >= 4 is 39.8 Å². The van der Waals surface area contributed by atoms with Crippen LogP contribution in [0.2, 0.25) is 0 Å². The number of amides is 1. The van der Waals surface area contributed by atoms with E-state index in [4.69, 9.17) is 9.47 Å². The van der Waals surface area contributed by atoms with E-state index in [2.05, 4.69) is 20.8 Å². The molecular formula is C19H26N4O3S2. The lowest BCUT2D eigenvalue weighted by atomic mass is 9.96. The summed E-state index contributed by atoms with van der Waals surface area (Å²) in [5.74, 6) is 1.09. The molecule has 1 aromatic carbocycles. The Balaban J connectivity index is 1.54. The summed E-state index contributed by atoms with van der Waals surface area (Å²) in [5.41, 5.74) is 0.659. The molecular weight excluding hydrogens is 396 g/mol. The fourth-order valence-electron chi connectivity index (χ4n) is 3.10. The smallest absolute Gasteiger partial charge is 0.237 e. The first-order chi connectivity index (χ1) is 13.6. The van der Waals surface area contributed by atoms with E-state index in [1.165, 1.54) is 55.2 Å². The van der Waals surface area contributed by atoms with E-state index in [0.717, 1.165) is 9.47 Å². The maximum Gasteiger partial charge on any atom is 0.237 e. The zero-order valence-electron chi connectivity index (χ0n) is 16.4. The lowest BCUT2D eigenvalue weighted by molar-refractivity contribution is -0.115. The minimum absolute atomic E-state index is 0.103. The quantitative estimate of drug-likeness (QED) is 0.609. The number of ether oxygens (including phenoxy) is 2. The van der Waals surface area contributed by atoms with Crippen molar-refractivity contribution in [3.63, 3.8) is 0 Å². The minimum Gasteiger partial charge on any atom is -0.493 e. The fraction of sp³-hybridized carbons (Fsp3) is 0.526. The van der Waals surface area contributed by atoms with Crippen molar-refractivity contribution in [2.45, 2.75) is 54.7 Å². The second-order valence-electron chi connectivity index (χ2n) is 6.67. The molecule has 1 atom stereocenters. The van der Waals surface area contributed by atoms with Gasteiger partial charge >= 0.3 is 0 Å². The molecule has 0 spiro atoms. The molecule has 1 fully saturated rings. The number of rotatable bonds is 8. The number of benzene rings is 1. The molecule has 152 valence electrons. The van der Waals surface area contributed by atoms with Crippen molar-refractivity contribution in [2.24, 2.45) is 0 Å². The van der Waals surface area contributed by atoms with E-state index in [9.17, 15) is 4.79 Å². The van der Waals surface area contributed by atoms with Crippen molar-refractivity contribution in [2.75, 3.05) is 24.9 Å².